The fourth-order valence-electron chi connectivity index (χ4n) is 2.32. The molecule has 0 atom stereocenters. The van der Waals surface area contributed by atoms with Crippen molar-refractivity contribution in [3.63, 3.8) is 0 Å². The average Bonchev–Trinajstić information content (AvgIpc) is 2.54. The molecule has 0 spiro atoms. The van der Waals surface area contributed by atoms with Crippen LogP contribution in [0.3, 0.4) is 0 Å². The molecule has 0 fully saturated rings. The molecule has 5 nitrogen and oxygen atoms in total. The summed E-state index contributed by atoms with van der Waals surface area (Å²) in [4.78, 5) is 12.1. The molecule has 1 amide bonds. The second kappa shape index (κ2) is 8.73. The molecule has 0 unspecified atom stereocenters. The molecule has 134 valence electrons. The summed E-state index contributed by atoms with van der Waals surface area (Å²) < 4.78 is 37.5. The van der Waals surface area contributed by atoms with E-state index in [2.05, 4.69) is 10.0 Å². The molecule has 0 aliphatic rings. The maximum Gasteiger partial charge on any atom is 0.251 e. The Morgan fingerprint density at radius 2 is 1.68 bits per heavy atom. The Hall–Kier alpha value is -2.25. The third-order valence-electron chi connectivity index (χ3n) is 3.58. The van der Waals surface area contributed by atoms with Crippen molar-refractivity contribution in [3.05, 3.63) is 71.0 Å². The quantitative estimate of drug-likeness (QED) is 0.751. The number of hydrogen-bond acceptors (Lipinski definition) is 3. The Labute approximate surface area is 147 Å². The first-order valence-corrected chi connectivity index (χ1v) is 9.79. The molecule has 0 aromatic heterocycles. The molecule has 0 radical (unpaired) electrons. The average molecular weight is 364 g/mol. The fraction of sp³-hybridized carbons (Fsp3) is 0.278. The highest BCUT2D eigenvalue weighted by atomic mass is 32.2. The third-order valence-corrected chi connectivity index (χ3v) is 4.31. The second-order valence-electron chi connectivity index (χ2n) is 5.75. The van der Waals surface area contributed by atoms with E-state index in [1.807, 2.05) is 6.07 Å². The summed E-state index contributed by atoms with van der Waals surface area (Å²) in [5, 5.41) is 2.80. The molecular weight excluding hydrogens is 343 g/mol. The summed E-state index contributed by atoms with van der Waals surface area (Å²) in [6, 6.07) is 13.3. The van der Waals surface area contributed by atoms with Crippen LogP contribution in [0.15, 0.2) is 48.5 Å². The van der Waals surface area contributed by atoms with Crippen molar-refractivity contribution in [1.82, 2.24) is 10.0 Å². The number of nitrogens with one attached hydrogen (secondary N) is 2. The van der Waals surface area contributed by atoms with E-state index >= 15 is 0 Å². The van der Waals surface area contributed by atoms with Crippen LogP contribution in [0.2, 0.25) is 0 Å². The van der Waals surface area contributed by atoms with Gasteiger partial charge in [0.2, 0.25) is 10.0 Å². The van der Waals surface area contributed by atoms with Crippen LogP contribution in [0.4, 0.5) is 4.39 Å². The Balaban J connectivity index is 1.79. The molecule has 25 heavy (non-hydrogen) atoms. The lowest BCUT2D eigenvalue weighted by Crippen LogP contribution is -2.26. The molecular formula is C18H21FN2O3S. The van der Waals surface area contributed by atoms with Gasteiger partial charge in [-0.25, -0.2) is 17.5 Å². The third kappa shape index (κ3) is 7.03. The molecule has 0 saturated carbocycles. The molecule has 0 aliphatic heterocycles. The zero-order valence-corrected chi connectivity index (χ0v) is 14.8. The van der Waals surface area contributed by atoms with Gasteiger partial charge in [0.25, 0.3) is 5.91 Å². The Bertz CT molecular complexity index is 820. The lowest BCUT2D eigenvalue weighted by Gasteiger charge is -2.07. The topological polar surface area (TPSA) is 75.3 Å². The molecule has 7 heteroatoms. The van der Waals surface area contributed by atoms with E-state index in [-0.39, 0.29) is 11.7 Å². The molecule has 0 bridgehead atoms. The molecule has 2 aromatic rings. The monoisotopic (exact) mass is 364 g/mol. The Morgan fingerprint density at radius 3 is 2.32 bits per heavy atom. The molecule has 2 rings (SSSR count). The second-order valence-corrected chi connectivity index (χ2v) is 7.58. The predicted molar refractivity (Wildman–Crippen MR) is 95.4 cm³/mol. The number of halogens is 1. The Morgan fingerprint density at radius 1 is 1.00 bits per heavy atom. The van der Waals surface area contributed by atoms with E-state index in [0.29, 0.717) is 31.5 Å². The SMILES string of the molecule is CS(=O)(=O)NCCc1ccc(C(=O)NCCc2cccc(F)c2)cc1. The number of sulfonamides is 1. The highest BCUT2D eigenvalue weighted by Gasteiger charge is 2.06. The highest BCUT2D eigenvalue weighted by Crippen LogP contribution is 2.06. The van der Waals surface area contributed by atoms with Gasteiger partial charge in [-0.15, -0.1) is 0 Å². The molecule has 0 saturated heterocycles. The number of rotatable bonds is 8. The summed E-state index contributed by atoms with van der Waals surface area (Å²) in [5.74, 6) is -0.484. The maximum atomic E-state index is 13.1. The number of carbonyl (C=O) groups excluding carboxylic acids is 1. The minimum atomic E-state index is -3.19. The van der Waals surface area contributed by atoms with Crippen molar-refractivity contribution in [2.24, 2.45) is 0 Å². The van der Waals surface area contributed by atoms with E-state index < -0.39 is 10.0 Å². The van der Waals surface area contributed by atoms with Gasteiger partial charge in [0.05, 0.1) is 6.26 Å². The minimum Gasteiger partial charge on any atom is -0.352 e. The summed E-state index contributed by atoms with van der Waals surface area (Å²) in [6.45, 7) is 0.736. The first-order valence-electron chi connectivity index (χ1n) is 7.90. The van der Waals surface area contributed by atoms with Crippen LogP contribution in [0.25, 0.3) is 0 Å². The van der Waals surface area contributed by atoms with Crippen LogP contribution in [0.1, 0.15) is 21.5 Å². The van der Waals surface area contributed by atoms with Gasteiger partial charge in [-0.3, -0.25) is 4.79 Å². The molecule has 2 aromatic carbocycles. The van der Waals surface area contributed by atoms with Crippen LogP contribution >= 0.6 is 0 Å². The van der Waals surface area contributed by atoms with Crippen molar-refractivity contribution in [2.45, 2.75) is 12.8 Å². The van der Waals surface area contributed by atoms with Crippen LogP contribution in [0.5, 0.6) is 0 Å². The van der Waals surface area contributed by atoms with E-state index in [4.69, 9.17) is 0 Å². The van der Waals surface area contributed by atoms with E-state index in [1.54, 1.807) is 30.3 Å². The number of carbonyl (C=O) groups is 1. The van der Waals surface area contributed by atoms with Gasteiger partial charge in [-0.2, -0.15) is 0 Å². The van der Waals surface area contributed by atoms with Crippen molar-refractivity contribution in [1.29, 1.82) is 0 Å². The summed E-state index contributed by atoms with van der Waals surface area (Å²) in [6.07, 6.45) is 2.22. The molecule has 0 aliphatic carbocycles. The maximum absolute atomic E-state index is 13.1. The molecule has 2 N–H and O–H groups in total. The Kier molecular flexibility index (Phi) is 6.66. The van der Waals surface area contributed by atoms with Crippen LogP contribution in [-0.2, 0) is 22.9 Å². The van der Waals surface area contributed by atoms with Gasteiger partial charge in [0.15, 0.2) is 0 Å². The zero-order chi connectivity index (χ0) is 18.3. The van der Waals surface area contributed by atoms with Crippen LogP contribution in [-0.4, -0.2) is 33.7 Å². The highest BCUT2D eigenvalue weighted by molar-refractivity contribution is 7.88. The van der Waals surface area contributed by atoms with Crippen molar-refractivity contribution >= 4 is 15.9 Å². The standard InChI is InChI=1S/C18H21FN2O3S/c1-25(23,24)21-12-10-14-5-7-16(8-6-14)18(22)20-11-9-15-3-2-4-17(19)13-15/h2-8,13,21H,9-12H2,1H3,(H,20,22). The van der Waals surface area contributed by atoms with Crippen molar-refractivity contribution < 1.29 is 17.6 Å². The van der Waals surface area contributed by atoms with Gasteiger partial charge in [0.1, 0.15) is 5.82 Å². The van der Waals surface area contributed by atoms with Gasteiger partial charge < -0.3 is 5.32 Å². The lowest BCUT2D eigenvalue weighted by molar-refractivity contribution is 0.0954. The zero-order valence-electron chi connectivity index (χ0n) is 14.0. The van der Waals surface area contributed by atoms with E-state index in [9.17, 15) is 17.6 Å². The van der Waals surface area contributed by atoms with E-state index in [1.165, 1.54) is 12.1 Å². The van der Waals surface area contributed by atoms with E-state index in [0.717, 1.165) is 17.4 Å². The van der Waals surface area contributed by atoms with Crippen molar-refractivity contribution in [3.8, 4) is 0 Å². The van der Waals surface area contributed by atoms with Gasteiger partial charge in [0, 0.05) is 18.7 Å². The smallest absolute Gasteiger partial charge is 0.251 e. The fourth-order valence-corrected chi connectivity index (χ4v) is 2.79. The first kappa shape index (κ1) is 19.1. The van der Waals surface area contributed by atoms with Crippen LogP contribution in [0, 0.1) is 5.82 Å². The van der Waals surface area contributed by atoms with Crippen molar-refractivity contribution in [2.75, 3.05) is 19.3 Å². The summed E-state index contributed by atoms with van der Waals surface area (Å²) in [5.41, 5.74) is 2.29. The van der Waals surface area contributed by atoms with Gasteiger partial charge in [-0.05, 0) is 48.2 Å². The van der Waals surface area contributed by atoms with Gasteiger partial charge >= 0.3 is 0 Å². The largest absolute Gasteiger partial charge is 0.352 e. The minimum absolute atomic E-state index is 0.197. The number of hydrogen-bond donors (Lipinski definition) is 2. The number of benzene rings is 2. The first-order chi connectivity index (χ1) is 11.8. The number of amides is 1. The summed E-state index contributed by atoms with van der Waals surface area (Å²) >= 11 is 0. The predicted octanol–water partition coefficient (Wildman–Crippen LogP) is 1.89. The lowest BCUT2D eigenvalue weighted by atomic mass is 10.1. The van der Waals surface area contributed by atoms with Crippen LogP contribution < -0.4 is 10.0 Å². The normalized spacial score (nSPS) is 11.3. The summed E-state index contributed by atoms with van der Waals surface area (Å²) in [7, 11) is -3.19. The molecule has 0 heterocycles. The van der Waals surface area contributed by atoms with Gasteiger partial charge in [-0.1, -0.05) is 24.3 Å².